The summed E-state index contributed by atoms with van der Waals surface area (Å²) in [6.45, 7) is 6.33. The number of carbonyl (C=O) groups is 1. The maximum atomic E-state index is 13.3. The Morgan fingerprint density at radius 3 is 2.29 bits per heavy atom. The van der Waals surface area contributed by atoms with Gasteiger partial charge in [0.15, 0.2) is 0 Å². The number of amides is 1. The molecule has 1 amide bonds. The van der Waals surface area contributed by atoms with Crippen LogP contribution in [0.5, 0.6) is 0 Å². The number of aryl methyl sites for hydroxylation is 1. The third-order valence-electron chi connectivity index (χ3n) is 6.65. The van der Waals surface area contributed by atoms with E-state index in [2.05, 4.69) is 15.0 Å². The van der Waals surface area contributed by atoms with E-state index in [-0.39, 0.29) is 17.4 Å². The fourth-order valence-corrected chi connectivity index (χ4v) is 4.61. The lowest BCUT2D eigenvalue weighted by molar-refractivity contribution is -0.180. The molecule has 2 N–H and O–H groups in total. The molecule has 3 rings (SSSR count). The molecule has 1 saturated carbocycles. The van der Waals surface area contributed by atoms with Gasteiger partial charge in [-0.15, -0.1) is 0 Å². The van der Waals surface area contributed by atoms with E-state index in [4.69, 9.17) is 0 Å². The van der Waals surface area contributed by atoms with E-state index in [0.717, 1.165) is 31.4 Å². The number of anilines is 1. The monoisotopic (exact) mass is 497 g/mol. The van der Waals surface area contributed by atoms with E-state index < -0.39 is 27.0 Å². The SMILES string of the molecule is Cc1nc(CCNC(=O)[C@@H]2CC2(C)c2ccc(C(C)(C)C(F)(F)F)cc2)ccc1NS(C)(=O)=O. The minimum Gasteiger partial charge on any atom is -0.355 e. The van der Waals surface area contributed by atoms with Crippen LogP contribution in [-0.4, -0.2) is 38.3 Å². The van der Waals surface area contributed by atoms with E-state index >= 15 is 0 Å². The molecule has 0 aliphatic heterocycles. The molecule has 0 radical (unpaired) electrons. The first-order valence-electron chi connectivity index (χ1n) is 10.9. The molecular formula is C24H30F3N3O3S. The number of carbonyl (C=O) groups excluding carboxylic acids is 1. The first-order valence-corrected chi connectivity index (χ1v) is 12.8. The van der Waals surface area contributed by atoms with Gasteiger partial charge in [0.25, 0.3) is 0 Å². The van der Waals surface area contributed by atoms with Gasteiger partial charge in [-0.3, -0.25) is 14.5 Å². The summed E-state index contributed by atoms with van der Waals surface area (Å²) in [5.41, 5.74) is 0.361. The van der Waals surface area contributed by atoms with Gasteiger partial charge in [0.2, 0.25) is 15.9 Å². The van der Waals surface area contributed by atoms with Gasteiger partial charge in [-0.05, 0) is 50.5 Å². The van der Waals surface area contributed by atoms with Crippen molar-refractivity contribution in [3.05, 3.63) is 58.9 Å². The van der Waals surface area contributed by atoms with Crippen LogP contribution in [0.25, 0.3) is 0 Å². The molecule has 1 aliphatic carbocycles. The average molecular weight is 498 g/mol. The molecule has 34 heavy (non-hydrogen) atoms. The zero-order valence-electron chi connectivity index (χ0n) is 19.9. The Morgan fingerprint density at radius 2 is 1.76 bits per heavy atom. The van der Waals surface area contributed by atoms with Crippen LogP contribution in [0.1, 0.15) is 49.7 Å². The lowest BCUT2D eigenvalue weighted by Crippen LogP contribution is -2.36. The predicted molar refractivity (Wildman–Crippen MR) is 125 cm³/mol. The van der Waals surface area contributed by atoms with Gasteiger partial charge in [0.05, 0.1) is 23.1 Å². The van der Waals surface area contributed by atoms with Crippen LogP contribution in [0, 0.1) is 12.8 Å². The number of nitrogens with one attached hydrogen (secondary N) is 2. The van der Waals surface area contributed by atoms with Crippen LogP contribution in [0.4, 0.5) is 18.9 Å². The highest BCUT2D eigenvalue weighted by Gasteiger charge is 2.55. The normalized spacial score (nSPS) is 20.6. The van der Waals surface area contributed by atoms with E-state index in [1.54, 1.807) is 31.2 Å². The zero-order valence-corrected chi connectivity index (χ0v) is 20.7. The topological polar surface area (TPSA) is 88.2 Å². The number of hydrogen-bond donors (Lipinski definition) is 2. The smallest absolute Gasteiger partial charge is 0.355 e. The zero-order chi connectivity index (χ0) is 25.5. The van der Waals surface area contributed by atoms with Crippen molar-refractivity contribution in [2.45, 2.75) is 57.5 Å². The molecule has 1 fully saturated rings. The van der Waals surface area contributed by atoms with E-state index in [9.17, 15) is 26.4 Å². The summed E-state index contributed by atoms with van der Waals surface area (Å²) in [6.07, 6.45) is -2.17. The highest BCUT2D eigenvalue weighted by Crippen LogP contribution is 2.54. The predicted octanol–water partition coefficient (Wildman–Crippen LogP) is 4.24. The maximum absolute atomic E-state index is 13.3. The molecule has 1 heterocycles. The van der Waals surface area contributed by atoms with Gasteiger partial charge in [0.1, 0.15) is 0 Å². The van der Waals surface area contributed by atoms with E-state index in [1.807, 2.05) is 6.92 Å². The molecule has 1 aromatic carbocycles. The number of benzene rings is 1. The number of aromatic nitrogens is 1. The summed E-state index contributed by atoms with van der Waals surface area (Å²) in [5.74, 6) is -0.348. The Labute approximate surface area is 198 Å². The Morgan fingerprint density at radius 1 is 1.15 bits per heavy atom. The minimum absolute atomic E-state index is 0.103. The lowest BCUT2D eigenvalue weighted by atomic mass is 9.82. The molecule has 0 bridgehead atoms. The van der Waals surface area contributed by atoms with Crippen molar-refractivity contribution in [1.29, 1.82) is 0 Å². The molecule has 186 valence electrons. The number of pyridine rings is 1. The summed E-state index contributed by atoms with van der Waals surface area (Å²) in [5, 5.41) is 2.91. The van der Waals surface area contributed by atoms with Crippen molar-refractivity contribution in [3.8, 4) is 0 Å². The number of halogens is 3. The number of alkyl halides is 3. The standard InChI is InChI=1S/C24H30F3N3O3S/c1-15-20(30-34(5,32)33)11-10-18(29-15)12-13-28-21(31)19-14-23(19,4)17-8-6-16(7-9-17)22(2,3)24(25,26)27/h6-11,19,30H,12-14H2,1-5H3,(H,28,31)/t19-,23?/m0/s1. The summed E-state index contributed by atoms with van der Waals surface area (Å²) < 4.78 is 65.1. The van der Waals surface area contributed by atoms with Gasteiger partial charge < -0.3 is 5.32 Å². The molecule has 0 saturated heterocycles. The second-order valence-corrected chi connectivity index (χ2v) is 11.5. The highest BCUT2D eigenvalue weighted by atomic mass is 32.2. The fourth-order valence-electron chi connectivity index (χ4n) is 3.99. The molecule has 1 aliphatic rings. The van der Waals surface area contributed by atoms with Crippen LogP contribution in [0.15, 0.2) is 36.4 Å². The minimum atomic E-state index is -4.35. The van der Waals surface area contributed by atoms with E-state index in [1.165, 1.54) is 12.1 Å². The number of rotatable bonds is 8. The Balaban J connectivity index is 1.56. The number of sulfonamides is 1. The largest absolute Gasteiger partial charge is 0.397 e. The van der Waals surface area contributed by atoms with Crippen molar-refractivity contribution >= 4 is 21.6 Å². The Hall–Kier alpha value is -2.62. The van der Waals surface area contributed by atoms with Crippen LogP contribution < -0.4 is 10.0 Å². The van der Waals surface area contributed by atoms with Crippen molar-refractivity contribution in [1.82, 2.24) is 10.3 Å². The maximum Gasteiger partial charge on any atom is 0.397 e. The molecule has 0 spiro atoms. The Kier molecular flexibility index (Phi) is 6.78. The van der Waals surface area contributed by atoms with Gasteiger partial charge in [-0.1, -0.05) is 31.2 Å². The van der Waals surface area contributed by atoms with Gasteiger partial charge in [0, 0.05) is 30.0 Å². The van der Waals surface area contributed by atoms with Crippen molar-refractivity contribution in [2.24, 2.45) is 5.92 Å². The summed E-state index contributed by atoms with van der Waals surface area (Å²) >= 11 is 0. The van der Waals surface area contributed by atoms with Crippen LogP contribution in [-0.2, 0) is 32.1 Å². The number of nitrogens with zero attached hydrogens (tertiary/aromatic N) is 1. The first kappa shape index (κ1) is 26.0. The van der Waals surface area contributed by atoms with E-state index in [0.29, 0.717) is 30.8 Å². The molecular weight excluding hydrogens is 467 g/mol. The van der Waals surface area contributed by atoms with Gasteiger partial charge in [-0.2, -0.15) is 13.2 Å². The molecule has 1 unspecified atom stereocenters. The number of hydrogen-bond acceptors (Lipinski definition) is 4. The fraction of sp³-hybridized carbons (Fsp3) is 0.500. The molecule has 2 aromatic rings. The second-order valence-electron chi connectivity index (χ2n) is 9.73. The van der Waals surface area contributed by atoms with Crippen LogP contribution in [0.3, 0.4) is 0 Å². The van der Waals surface area contributed by atoms with Gasteiger partial charge in [-0.25, -0.2) is 8.42 Å². The first-order chi connectivity index (χ1) is 15.5. The van der Waals surface area contributed by atoms with Crippen molar-refractivity contribution < 1.29 is 26.4 Å². The summed E-state index contributed by atoms with van der Waals surface area (Å²) in [6, 6.07) is 9.72. The molecule has 1 aromatic heterocycles. The highest BCUT2D eigenvalue weighted by molar-refractivity contribution is 7.92. The summed E-state index contributed by atoms with van der Waals surface area (Å²) in [4.78, 5) is 17.0. The third kappa shape index (κ3) is 5.54. The summed E-state index contributed by atoms with van der Waals surface area (Å²) in [7, 11) is -3.39. The second kappa shape index (κ2) is 8.87. The van der Waals surface area contributed by atoms with Crippen molar-refractivity contribution in [2.75, 3.05) is 17.5 Å². The Bertz CT molecular complexity index is 1180. The lowest BCUT2D eigenvalue weighted by Gasteiger charge is -2.28. The van der Waals surface area contributed by atoms with Crippen LogP contribution >= 0.6 is 0 Å². The van der Waals surface area contributed by atoms with Crippen molar-refractivity contribution in [3.63, 3.8) is 0 Å². The quantitative estimate of drug-likeness (QED) is 0.571. The molecule has 10 heteroatoms. The molecule has 6 nitrogen and oxygen atoms in total. The van der Waals surface area contributed by atoms with Gasteiger partial charge >= 0.3 is 6.18 Å². The third-order valence-corrected chi connectivity index (χ3v) is 7.24. The molecule has 2 atom stereocenters. The van der Waals surface area contributed by atoms with Crippen LogP contribution in [0.2, 0.25) is 0 Å². The average Bonchev–Trinajstić information content (AvgIpc) is 3.41.